The van der Waals surface area contributed by atoms with Crippen LogP contribution in [-0.4, -0.2) is 41.4 Å². The molecule has 0 fully saturated rings. The number of hydrogen-bond donors (Lipinski definition) is 1. The summed E-state index contributed by atoms with van der Waals surface area (Å²) in [5.41, 5.74) is 1.90. The first-order valence-electron chi connectivity index (χ1n) is 8.24. The molecule has 1 amide bonds. The van der Waals surface area contributed by atoms with Gasteiger partial charge in [0.25, 0.3) is 0 Å². The van der Waals surface area contributed by atoms with Crippen molar-refractivity contribution in [3.63, 3.8) is 0 Å². The molecule has 3 aromatic rings. The van der Waals surface area contributed by atoms with Crippen LogP contribution >= 0.6 is 34.9 Å². The zero-order chi connectivity index (χ0) is 19.2. The third-order valence-corrected chi connectivity index (χ3v) is 5.91. The number of anilines is 1. The van der Waals surface area contributed by atoms with E-state index in [0.29, 0.717) is 10.9 Å². The predicted octanol–water partition coefficient (Wildman–Crippen LogP) is 3.18. The Labute approximate surface area is 169 Å². The third kappa shape index (κ3) is 5.50. The summed E-state index contributed by atoms with van der Waals surface area (Å²) in [7, 11) is 0. The van der Waals surface area contributed by atoms with Gasteiger partial charge in [-0.1, -0.05) is 23.5 Å². The Hall–Kier alpha value is -1.98. The van der Waals surface area contributed by atoms with Gasteiger partial charge in [0.1, 0.15) is 5.82 Å². The summed E-state index contributed by atoms with van der Waals surface area (Å²) in [5, 5.41) is 15.1. The minimum Gasteiger partial charge on any atom is -0.306 e. The largest absolute Gasteiger partial charge is 0.306 e. The number of carbonyl (C=O) groups is 1. The van der Waals surface area contributed by atoms with Crippen LogP contribution in [0.4, 0.5) is 5.13 Å². The van der Waals surface area contributed by atoms with Crippen LogP contribution in [0.3, 0.4) is 0 Å². The van der Waals surface area contributed by atoms with E-state index in [9.17, 15) is 4.79 Å². The maximum atomic E-state index is 12.0. The quantitative estimate of drug-likeness (QED) is 0.437. The Morgan fingerprint density at radius 2 is 2.00 bits per heavy atom. The maximum Gasteiger partial charge on any atom is 0.236 e. The van der Waals surface area contributed by atoms with Crippen LogP contribution in [-0.2, 0) is 17.1 Å². The van der Waals surface area contributed by atoms with Crippen molar-refractivity contribution in [3.05, 3.63) is 34.9 Å². The Balaban J connectivity index is 1.59. The van der Waals surface area contributed by atoms with Gasteiger partial charge in [0.2, 0.25) is 5.91 Å². The van der Waals surface area contributed by atoms with Crippen LogP contribution in [0.25, 0.3) is 0 Å². The lowest BCUT2D eigenvalue weighted by molar-refractivity contribution is -0.113. The Bertz CT molecular complexity index is 891. The fourth-order valence-corrected chi connectivity index (χ4v) is 4.56. The number of thiazole rings is 1. The zero-order valence-corrected chi connectivity index (χ0v) is 17.6. The lowest BCUT2D eigenvalue weighted by atomic mass is 10.4. The van der Waals surface area contributed by atoms with Crippen LogP contribution < -0.4 is 5.32 Å². The van der Waals surface area contributed by atoms with Crippen molar-refractivity contribution >= 4 is 45.9 Å². The number of nitrogens with one attached hydrogen (secondary N) is 1. The van der Waals surface area contributed by atoms with Gasteiger partial charge >= 0.3 is 0 Å². The molecule has 3 aromatic heterocycles. The second-order valence-corrected chi connectivity index (χ2v) is 8.32. The van der Waals surface area contributed by atoms with Gasteiger partial charge in [0, 0.05) is 29.5 Å². The molecule has 3 heterocycles. The van der Waals surface area contributed by atoms with E-state index in [4.69, 9.17) is 0 Å². The molecule has 0 aromatic carbocycles. The Morgan fingerprint density at radius 1 is 1.22 bits per heavy atom. The minimum atomic E-state index is -0.111. The van der Waals surface area contributed by atoms with E-state index in [0.717, 1.165) is 34.1 Å². The van der Waals surface area contributed by atoms with Crippen molar-refractivity contribution < 1.29 is 4.79 Å². The summed E-state index contributed by atoms with van der Waals surface area (Å²) >= 11 is 4.28. The predicted molar refractivity (Wildman–Crippen MR) is 108 cm³/mol. The van der Waals surface area contributed by atoms with Gasteiger partial charge in [-0.3, -0.25) is 4.79 Å². The van der Waals surface area contributed by atoms with Crippen LogP contribution in [0, 0.1) is 13.8 Å². The second kappa shape index (κ2) is 9.29. The van der Waals surface area contributed by atoms with Crippen molar-refractivity contribution in [1.29, 1.82) is 0 Å². The fraction of sp³-hybridized carbons (Fsp3) is 0.375. The average Bonchev–Trinajstić information content (AvgIpc) is 3.26. The van der Waals surface area contributed by atoms with E-state index in [1.807, 2.05) is 36.8 Å². The molecule has 27 heavy (non-hydrogen) atoms. The topological polar surface area (TPSA) is 98.5 Å². The van der Waals surface area contributed by atoms with Crippen molar-refractivity contribution in [3.8, 4) is 0 Å². The molecule has 0 saturated carbocycles. The molecular weight excluding hydrogens is 402 g/mol. The molecule has 8 nitrogen and oxygen atoms in total. The van der Waals surface area contributed by atoms with Crippen molar-refractivity contribution in [2.45, 2.75) is 43.4 Å². The van der Waals surface area contributed by atoms with Gasteiger partial charge in [0.05, 0.1) is 11.5 Å². The van der Waals surface area contributed by atoms with Gasteiger partial charge in [0.15, 0.2) is 15.4 Å². The van der Waals surface area contributed by atoms with Gasteiger partial charge in [-0.2, -0.15) is 0 Å². The first-order chi connectivity index (χ1) is 13.0. The zero-order valence-electron chi connectivity index (χ0n) is 15.2. The molecule has 0 unspecified atom stereocenters. The number of aromatic nitrogens is 6. The smallest absolute Gasteiger partial charge is 0.236 e. The van der Waals surface area contributed by atoms with E-state index in [2.05, 4.69) is 30.5 Å². The van der Waals surface area contributed by atoms with Gasteiger partial charge in [-0.05, 0) is 26.8 Å². The molecule has 0 aliphatic carbocycles. The van der Waals surface area contributed by atoms with E-state index < -0.39 is 0 Å². The summed E-state index contributed by atoms with van der Waals surface area (Å²) in [6.45, 7) is 6.68. The lowest BCUT2D eigenvalue weighted by Crippen LogP contribution is -2.14. The second-order valence-electron chi connectivity index (χ2n) is 5.54. The Kier molecular flexibility index (Phi) is 6.80. The SMILES string of the molecule is CCn1c(CSc2nc(C)cc(C)n2)nnc1SCC(=O)Nc1nccs1. The normalized spacial score (nSPS) is 10.9. The highest BCUT2D eigenvalue weighted by Crippen LogP contribution is 2.23. The van der Waals surface area contributed by atoms with E-state index in [1.54, 1.807) is 6.20 Å². The van der Waals surface area contributed by atoms with Crippen LogP contribution in [0.1, 0.15) is 24.1 Å². The molecule has 0 atom stereocenters. The first-order valence-corrected chi connectivity index (χ1v) is 11.1. The van der Waals surface area contributed by atoms with Gasteiger partial charge in [-0.15, -0.1) is 21.5 Å². The summed E-state index contributed by atoms with van der Waals surface area (Å²) in [6, 6.07) is 1.95. The van der Waals surface area contributed by atoms with E-state index in [-0.39, 0.29) is 11.7 Å². The molecule has 0 aliphatic rings. The molecule has 0 saturated heterocycles. The molecular formula is C16H19N7OS3. The summed E-state index contributed by atoms with van der Waals surface area (Å²) in [4.78, 5) is 24.9. The molecule has 3 rings (SSSR count). The fourth-order valence-electron chi connectivity index (χ4n) is 2.31. The molecule has 0 bridgehead atoms. The number of aryl methyl sites for hydroxylation is 2. The number of hydrogen-bond acceptors (Lipinski definition) is 9. The molecule has 0 spiro atoms. The molecule has 11 heteroatoms. The maximum absolute atomic E-state index is 12.0. The highest BCUT2D eigenvalue weighted by Gasteiger charge is 2.14. The van der Waals surface area contributed by atoms with E-state index >= 15 is 0 Å². The van der Waals surface area contributed by atoms with Gasteiger partial charge < -0.3 is 9.88 Å². The van der Waals surface area contributed by atoms with Gasteiger partial charge in [-0.25, -0.2) is 15.0 Å². The number of nitrogens with zero attached hydrogens (tertiary/aromatic N) is 6. The van der Waals surface area contributed by atoms with Crippen LogP contribution in [0.15, 0.2) is 28.0 Å². The lowest BCUT2D eigenvalue weighted by Gasteiger charge is -2.07. The first kappa shape index (κ1) is 19.8. The number of thioether (sulfide) groups is 2. The summed E-state index contributed by atoms with van der Waals surface area (Å²) in [5.74, 6) is 1.61. The van der Waals surface area contributed by atoms with E-state index in [1.165, 1.54) is 34.9 Å². The highest BCUT2D eigenvalue weighted by molar-refractivity contribution is 7.99. The molecule has 0 aliphatic heterocycles. The summed E-state index contributed by atoms with van der Waals surface area (Å²) in [6.07, 6.45) is 1.66. The standard InChI is InChI=1S/C16H19N7OS3/c1-4-23-12(8-26-15-18-10(2)7-11(3)19-15)21-22-16(23)27-9-13(24)20-14-17-5-6-25-14/h5-7H,4,8-9H2,1-3H3,(H,17,20,24). The summed E-state index contributed by atoms with van der Waals surface area (Å²) < 4.78 is 2.01. The minimum absolute atomic E-state index is 0.111. The number of amides is 1. The molecule has 1 N–H and O–H groups in total. The van der Waals surface area contributed by atoms with Crippen molar-refractivity contribution in [1.82, 2.24) is 29.7 Å². The molecule has 0 radical (unpaired) electrons. The van der Waals surface area contributed by atoms with Crippen molar-refractivity contribution in [2.75, 3.05) is 11.1 Å². The number of carbonyl (C=O) groups excluding carboxylic acids is 1. The van der Waals surface area contributed by atoms with Crippen LogP contribution in [0.5, 0.6) is 0 Å². The highest BCUT2D eigenvalue weighted by atomic mass is 32.2. The van der Waals surface area contributed by atoms with Crippen LogP contribution in [0.2, 0.25) is 0 Å². The Morgan fingerprint density at radius 3 is 2.67 bits per heavy atom. The monoisotopic (exact) mass is 421 g/mol. The average molecular weight is 422 g/mol. The third-order valence-electron chi connectivity index (χ3n) is 3.41. The molecule has 142 valence electrons. The number of rotatable bonds is 8. The van der Waals surface area contributed by atoms with Crippen molar-refractivity contribution in [2.24, 2.45) is 0 Å².